The summed E-state index contributed by atoms with van der Waals surface area (Å²) in [6.07, 6.45) is 0. The summed E-state index contributed by atoms with van der Waals surface area (Å²) in [5.74, 6) is 0.0875. The van der Waals surface area contributed by atoms with E-state index < -0.39 is 10.8 Å². The number of Topliss-reactive ketones (excluding diaryl/α,β-unsaturated/α-hetero) is 2. The van der Waals surface area contributed by atoms with E-state index in [1.54, 1.807) is 0 Å². The zero-order valence-corrected chi connectivity index (χ0v) is 29.9. The fraction of sp³-hybridized carbons (Fsp3) is 0.125. The summed E-state index contributed by atoms with van der Waals surface area (Å²) < 4.78 is 0. The first-order valence-electron chi connectivity index (χ1n) is 17.8. The molecule has 4 nitrogen and oxygen atoms in total. The van der Waals surface area contributed by atoms with Crippen molar-refractivity contribution in [1.82, 2.24) is 0 Å². The van der Waals surface area contributed by atoms with Gasteiger partial charge in [-0.1, -0.05) is 97.1 Å². The molecule has 0 unspecified atom stereocenters. The van der Waals surface area contributed by atoms with Gasteiger partial charge in [-0.05, 0) is 123 Å². The lowest BCUT2D eigenvalue weighted by molar-refractivity contribution is -0.119. The van der Waals surface area contributed by atoms with Crippen LogP contribution < -0.4 is 9.80 Å². The third kappa shape index (κ3) is 5.39. The topological polar surface area (TPSA) is 40.6 Å². The van der Waals surface area contributed by atoms with Gasteiger partial charge in [0.2, 0.25) is 0 Å². The summed E-state index contributed by atoms with van der Waals surface area (Å²) in [6, 6.07) is 57.4. The Balaban J connectivity index is 1.22. The maximum Gasteiger partial charge on any atom is 0.173 e. The van der Waals surface area contributed by atoms with Crippen LogP contribution >= 0.6 is 0 Å². The highest BCUT2D eigenvalue weighted by molar-refractivity contribution is 6.39. The monoisotopic (exact) mass is 676 g/mol. The summed E-state index contributed by atoms with van der Waals surface area (Å²) >= 11 is 0. The van der Waals surface area contributed by atoms with E-state index in [9.17, 15) is 9.59 Å². The summed E-state index contributed by atoms with van der Waals surface area (Å²) in [5, 5.41) is 0. The Hall–Kier alpha value is -6.26. The van der Waals surface area contributed by atoms with Gasteiger partial charge in [-0.3, -0.25) is 9.59 Å². The second kappa shape index (κ2) is 12.8. The number of carbonyl (C=O) groups is 2. The van der Waals surface area contributed by atoms with E-state index >= 15 is 0 Å². The number of allylic oxidation sites excluding steroid dienone is 4. The summed E-state index contributed by atoms with van der Waals surface area (Å²) in [6.45, 7) is 7.87. The Kier molecular flexibility index (Phi) is 8.11. The molecule has 0 spiro atoms. The van der Waals surface area contributed by atoms with Crippen molar-refractivity contribution in [3.8, 4) is 0 Å². The predicted molar refractivity (Wildman–Crippen MR) is 214 cm³/mol. The molecule has 2 aliphatic rings. The Morgan fingerprint density at radius 3 is 0.808 bits per heavy atom. The predicted octanol–water partition coefficient (Wildman–Crippen LogP) is 12.1. The molecule has 0 atom stereocenters. The van der Waals surface area contributed by atoms with Crippen LogP contribution in [0.5, 0.6) is 0 Å². The molecule has 52 heavy (non-hydrogen) atoms. The van der Waals surface area contributed by atoms with Crippen LogP contribution in [0.1, 0.15) is 38.8 Å². The quantitative estimate of drug-likeness (QED) is 0.161. The van der Waals surface area contributed by atoms with Crippen LogP contribution in [0.4, 0.5) is 34.1 Å². The van der Waals surface area contributed by atoms with Gasteiger partial charge in [-0.25, -0.2) is 0 Å². The van der Waals surface area contributed by atoms with E-state index in [-0.39, 0.29) is 11.6 Å². The third-order valence-corrected chi connectivity index (χ3v) is 10.5. The SMILES string of the molecule is CC1(C)C(=O)C(c2ccc(N(c3ccccc3)c3ccccc3)cc2)=C2C1=C(c1ccc(N(c3ccccc3)c3ccccc3)cc1)C(=O)C2(C)C. The van der Waals surface area contributed by atoms with E-state index in [1.807, 2.05) is 125 Å². The molecule has 254 valence electrons. The molecule has 0 bridgehead atoms. The number of fused-ring (bicyclic) bond motifs is 1. The fourth-order valence-electron chi connectivity index (χ4n) is 7.89. The lowest BCUT2D eigenvalue weighted by Gasteiger charge is -2.26. The van der Waals surface area contributed by atoms with Gasteiger partial charge in [-0.15, -0.1) is 0 Å². The first-order chi connectivity index (χ1) is 25.2. The van der Waals surface area contributed by atoms with E-state index in [1.165, 1.54) is 0 Å². The van der Waals surface area contributed by atoms with Crippen molar-refractivity contribution in [3.05, 3.63) is 192 Å². The third-order valence-electron chi connectivity index (χ3n) is 10.5. The van der Waals surface area contributed by atoms with Gasteiger partial charge in [0.1, 0.15) is 0 Å². The number of para-hydroxylation sites is 4. The summed E-state index contributed by atoms with van der Waals surface area (Å²) in [4.78, 5) is 33.4. The summed E-state index contributed by atoms with van der Waals surface area (Å²) in [7, 11) is 0. The fourth-order valence-corrected chi connectivity index (χ4v) is 7.89. The molecular weight excluding hydrogens is 637 g/mol. The van der Waals surface area contributed by atoms with E-state index in [0.29, 0.717) is 11.1 Å². The smallest absolute Gasteiger partial charge is 0.173 e. The van der Waals surface area contributed by atoms with Crippen molar-refractivity contribution >= 4 is 56.8 Å². The second-order valence-corrected chi connectivity index (χ2v) is 14.5. The zero-order valence-electron chi connectivity index (χ0n) is 29.9. The van der Waals surface area contributed by atoms with Gasteiger partial charge in [0, 0.05) is 45.3 Å². The minimum absolute atomic E-state index is 0.0438. The van der Waals surface area contributed by atoms with Crippen LogP contribution in [0.15, 0.2) is 181 Å². The van der Waals surface area contributed by atoms with Gasteiger partial charge < -0.3 is 9.80 Å². The highest BCUT2D eigenvalue weighted by Gasteiger charge is 2.57. The van der Waals surface area contributed by atoms with Crippen molar-refractivity contribution < 1.29 is 9.59 Å². The molecular formula is C48H40N2O2. The molecule has 0 aromatic heterocycles. The molecule has 4 heteroatoms. The summed E-state index contributed by atoms with van der Waals surface area (Å²) in [5.41, 5.74) is 9.01. The number of nitrogens with zero attached hydrogens (tertiary/aromatic N) is 2. The highest BCUT2D eigenvalue weighted by atomic mass is 16.1. The van der Waals surface area contributed by atoms with Crippen LogP contribution in [0.3, 0.4) is 0 Å². The molecule has 8 rings (SSSR count). The van der Waals surface area contributed by atoms with Gasteiger partial charge in [0.15, 0.2) is 11.6 Å². The van der Waals surface area contributed by atoms with Crippen molar-refractivity contribution in [2.24, 2.45) is 10.8 Å². The molecule has 2 aliphatic carbocycles. The van der Waals surface area contributed by atoms with Crippen LogP contribution in [-0.4, -0.2) is 11.6 Å². The lowest BCUT2D eigenvalue weighted by atomic mass is 9.80. The number of ketones is 2. The van der Waals surface area contributed by atoms with Crippen molar-refractivity contribution in [2.75, 3.05) is 9.80 Å². The minimum atomic E-state index is -0.874. The highest BCUT2D eigenvalue weighted by Crippen LogP contribution is 2.61. The molecule has 0 aliphatic heterocycles. The minimum Gasteiger partial charge on any atom is -0.311 e. The number of hydrogen-bond donors (Lipinski definition) is 0. The average molecular weight is 677 g/mol. The molecule has 6 aromatic rings. The van der Waals surface area contributed by atoms with Crippen molar-refractivity contribution in [3.63, 3.8) is 0 Å². The molecule has 0 radical (unpaired) electrons. The van der Waals surface area contributed by atoms with E-state index in [4.69, 9.17) is 0 Å². The Labute approximate surface area is 306 Å². The molecule has 0 fully saturated rings. The zero-order chi connectivity index (χ0) is 36.0. The molecule has 0 N–H and O–H groups in total. The standard InChI is InChI=1S/C48H40N2O2/c1-47(2)43-41(33-25-29-39(30-26-33)49(35-17-9-5-10-18-35)36-19-11-6-12-20-36)46(52)48(3,4)44(43)42(45(47)51)34-27-31-40(32-28-34)50(37-21-13-7-14-22-37)38-23-15-8-16-24-38/h5-32H,1-4H3. The second-order valence-electron chi connectivity index (χ2n) is 14.5. The maximum atomic E-state index is 14.5. The van der Waals surface area contributed by atoms with Crippen LogP contribution in [-0.2, 0) is 9.59 Å². The largest absolute Gasteiger partial charge is 0.311 e. The Bertz CT molecular complexity index is 2090. The van der Waals surface area contributed by atoms with Gasteiger partial charge in [-0.2, -0.15) is 0 Å². The lowest BCUT2D eigenvalue weighted by Crippen LogP contribution is -2.24. The number of benzene rings is 6. The van der Waals surface area contributed by atoms with Crippen molar-refractivity contribution in [2.45, 2.75) is 27.7 Å². The number of rotatable bonds is 8. The van der Waals surface area contributed by atoms with Gasteiger partial charge in [0.05, 0.1) is 10.8 Å². The Morgan fingerprint density at radius 1 is 0.327 bits per heavy atom. The number of anilines is 6. The van der Waals surface area contributed by atoms with Gasteiger partial charge in [0.25, 0.3) is 0 Å². The van der Waals surface area contributed by atoms with Crippen molar-refractivity contribution in [1.29, 1.82) is 0 Å². The molecule has 0 saturated carbocycles. The average Bonchev–Trinajstić information content (AvgIpc) is 3.52. The Morgan fingerprint density at radius 2 is 0.558 bits per heavy atom. The molecule has 0 heterocycles. The normalized spacial score (nSPS) is 15.9. The van der Waals surface area contributed by atoms with Crippen LogP contribution in [0.2, 0.25) is 0 Å². The molecule has 0 amide bonds. The number of carbonyl (C=O) groups excluding carboxylic acids is 2. The molecule has 0 saturated heterocycles. The first kappa shape index (κ1) is 32.9. The number of hydrogen-bond acceptors (Lipinski definition) is 4. The first-order valence-corrected chi connectivity index (χ1v) is 17.8. The van der Waals surface area contributed by atoms with E-state index in [2.05, 4.69) is 82.6 Å². The maximum absolute atomic E-state index is 14.5. The van der Waals surface area contributed by atoms with E-state index in [0.717, 1.165) is 56.4 Å². The van der Waals surface area contributed by atoms with Crippen LogP contribution in [0, 0.1) is 10.8 Å². The van der Waals surface area contributed by atoms with Gasteiger partial charge >= 0.3 is 0 Å². The van der Waals surface area contributed by atoms with Crippen LogP contribution in [0.25, 0.3) is 11.1 Å². The molecule has 6 aromatic carbocycles.